The maximum absolute atomic E-state index is 11.0. The minimum absolute atomic E-state index is 0.0132. The summed E-state index contributed by atoms with van der Waals surface area (Å²) in [7, 11) is 0. The molecule has 0 bridgehead atoms. The monoisotopic (exact) mass is 294 g/mol. The molecule has 1 rings (SSSR count). The number of carbonyl (C=O) groups excluding carboxylic acids is 2. The molecule has 0 aromatic rings. The Balaban J connectivity index is 0.000000394. The molecule has 0 N–H and O–H groups in total. The molecule has 1 saturated carbocycles. The quantitative estimate of drug-likeness (QED) is 0.408. The van der Waals surface area contributed by atoms with E-state index >= 15 is 0 Å². The van der Waals surface area contributed by atoms with E-state index in [1.807, 2.05) is 33.8 Å². The molecule has 0 unspecified atom stereocenters. The fraction of sp³-hybridized carbons (Fsp3) is 0.667. The molecular weight excluding hydrogens is 264 g/mol. The molecule has 0 amide bonds. The third-order valence-corrected chi connectivity index (χ3v) is 3.30. The number of unbranched alkanes of at least 4 members (excludes halogenated alkanes) is 1. The van der Waals surface area contributed by atoms with E-state index in [0.717, 1.165) is 32.1 Å². The minimum Gasteiger partial charge on any atom is -0.463 e. The summed E-state index contributed by atoms with van der Waals surface area (Å²) in [6.07, 6.45) is 9.00. The van der Waals surface area contributed by atoms with Gasteiger partial charge >= 0.3 is 5.97 Å². The van der Waals surface area contributed by atoms with E-state index in [0.29, 0.717) is 18.1 Å². The number of rotatable bonds is 6. The van der Waals surface area contributed by atoms with Crippen molar-refractivity contribution in [2.45, 2.75) is 72.3 Å². The number of hydrogen-bond donors (Lipinski definition) is 0. The molecule has 0 aromatic heterocycles. The highest BCUT2D eigenvalue weighted by atomic mass is 16.5. The first kappa shape index (κ1) is 19.6. The lowest BCUT2D eigenvalue weighted by Crippen LogP contribution is -2.10. The summed E-state index contributed by atoms with van der Waals surface area (Å²) in [5, 5.41) is 0. The Morgan fingerprint density at radius 2 is 2.14 bits per heavy atom. The van der Waals surface area contributed by atoms with Gasteiger partial charge in [0.15, 0.2) is 0 Å². The summed E-state index contributed by atoms with van der Waals surface area (Å²) < 4.78 is 4.97. The molecule has 0 radical (unpaired) electrons. The summed E-state index contributed by atoms with van der Waals surface area (Å²) in [6.45, 7) is 11.5. The molecule has 0 heterocycles. The molecule has 21 heavy (non-hydrogen) atoms. The summed E-state index contributed by atoms with van der Waals surface area (Å²) in [5.74, 6) is 0.815. The largest absolute Gasteiger partial charge is 0.463 e. The van der Waals surface area contributed by atoms with Gasteiger partial charge in [-0.05, 0) is 52.9 Å². The van der Waals surface area contributed by atoms with Crippen LogP contribution >= 0.6 is 0 Å². The second-order valence-electron chi connectivity index (χ2n) is 5.82. The number of allylic oxidation sites excluding steroid dienone is 3. The minimum atomic E-state index is -0.0884. The Hall–Kier alpha value is -1.38. The number of hydrogen-bond acceptors (Lipinski definition) is 3. The van der Waals surface area contributed by atoms with Crippen molar-refractivity contribution in [1.29, 1.82) is 0 Å². The molecule has 0 spiro atoms. The molecule has 0 aliphatic heterocycles. The summed E-state index contributed by atoms with van der Waals surface area (Å²) in [4.78, 5) is 21.7. The molecule has 0 aromatic carbocycles. The predicted octanol–water partition coefficient (Wildman–Crippen LogP) is 4.62. The van der Waals surface area contributed by atoms with Crippen molar-refractivity contribution >= 4 is 11.8 Å². The first-order chi connectivity index (χ1) is 9.86. The highest BCUT2D eigenvalue weighted by molar-refractivity contribution is 5.81. The number of ketones is 1. The lowest BCUT2D eigenvalue weighted by Gasteiger charge is -2.06. The van der Waals surface area contributed by atoms with Gasteiger partial charge in [0.1, 0.15) is 5.78 Å². The van der Waals surface area contributed by atoms with Crippen molar-refractivity contribution in [3.8, 4) is 0 Å². The van der Waals surface area contributed by atoms with Crippen molar-refractivity contribution < 1.29 is 14.3 Å². The standard InChI is InChI=1S/C10H18O2.C8H12O/c1-4-5-6-7-8-10(11)12-9(2)3;1-6(2)7-3-4-8(9)5-7/h4-5,9H,6-8H2,1-3H3;7H,1,3-5H2,2H3/b5-4-;/t;7-/m.0/s1. The molecule has 1 atom stereocenters. The average molecular weight is 294 g/mol. The van der Waals surface area contributed by atoms with Crippen LogP contribution in [0, 0.1) is 5.92 Å². The van der Waals surface area contributed by atoms with Gasteiger partial charge in [-0.1, -0.05) is 24.3 Å². The normalized spacial score (nSPS) is 17.8. The molecule has 3 heteroatoms. The van der Waals surface area contributed by atoms with Gasteiger partial charge in [0, 0.05) is 19.3 Å². The maximum atomic E-state index is 11.0. The van der Waals surface area contributed by atoms with Gasteiger partial charge in [0.05, 0.1) is 6.10 Å². The van der Waals surface area contributed by atoms with E-state index in [9.17, 15) is 9.59 Å². The Morgan fingerprint density at radius 3 is 2.52 bits per heavy atom. The lowest BCUT2D eigenvalue weighted by molar-refractivity contribution is -0.147. The Kier molecular flexibility index (Phi) is 10.6. The van der Waals surface area contributed by atoms with Gasteiger partial charge in [-0.3, -0.25) is 9.59 Å². The number of esters is 1. The first-order valence-corrected chi connectivity index (χ1v) is 7.84. The fourth-order valence-electron chi connectivity index (χ4n) is 2.09. The Bertz CT molecular complexity index is 367. The van der Waals surface area contributed by atoms with Crippen LogP contribution in [0.5, 0.6) is 0 Å². The van der Waals surface area contributed by atoms with Crippen molar-refractivity contribution in [2.24, 2.45) is 5.92 Å². The van der Waals surface area contributed by atoms with E-state index in [-0.39, 0.29) is 12.1 Å². The third-order valence-electron chi connectivity index (χ3n) is 3.30. The molecule has 1 aliphatic carbocycles. The van der Waals surface area contributed by atoms with Crippen LogP contribution < -0.4 is 0 Å². The van der Waals surface area contributed by atoms with Gasteiger partial charge in [-0.2, -0.15) is 0 Å². The van der Waals surface area contributed by atoms with Gasteiger partial charge in [-0.25, -0.2) is 0 Å². The van der Waals surface area contributed by atoms with Crippen molar-refractivity contribution in [3.05, 3.63) is 24.3 Å². The van der Waals surface area contributed by atoms with E-state index < -0.39 is 0 Å². The average Bonchev–Trinajstić information content (AvgIpc) is 2.82. The fourth-order valence-corrected chi connectivity index (χ4v) is 2.09. The van der Waals surface area contributed by atoms with Crippen LogP contribution in [0.15, 0.2) is 24.3 Å². The van der Waals surface area contributed by atoms with E-state index in [1.165, 1.54) is 5.57 Å². The molecule has 1 aliphatic rings. The Labute approximate surface area is 129 Å². The van der Waals surface area contributed by atoms with Crippen LogP contribution in [-0.4, -0.2) is 17.9 Å². The van der Waals surface area contributed by atoms with Crippen LogP contribution in [0.1, 0.15) is 66.2 Å². The van der Waals surface area contributed by atoms with Crippen LogP contribution in [0.4, 0.5) is 0 Å². The van der Waals surface area contributed by atoms with Crippen molar-refractivity contribution in [1.82, 2.24) is 0 Å². The second-order valence-corrected chi connectivity index (χ2v) is 5.82. The summed E-state index contributed by atoms with van der Waals surface area (Å²) >= 11 is 0. The zero-order valence-corrected chi connectivity index (χ0v) is 14.0. The molecule has 3 nitrogen and oxygen atoms in total. The molecule has 0 saturated heterocycles. The van der Waals surface area contributed by atoms with Gasteiger partial charge in [-0.15, -0.1) is 0 Å². The SMILES string of the molecule is C/C=C\CCCC(=O)OC(C)C.C=C(C)[C@H]1CCC(=O)C1. The van der Waals surface area contributed by atoms with E-state index in [1.54, 1.807) is 0 Å². The summed E-state index contributed by atoms with van der Waals surface area (Å²) in [5.41, 5.74) is 1.17. The lowest BCUT2D eigenvalue weighted by atomic mass is 10.0. The van der Waals surface area contributed by atoms with Crippen molar-refractivity contribution in [3.63, 3.8) is 0 Å². The predicted molar refractivity (Wildman–Crippen MR) is 87.1 cm³/mol. The zero-order valence-electron chi connectivity index (χ0n) is 14.0. The molecule has 1 fully saturated rings. The van der Waals surface area contributed by atoms with Crippen LogP contribution in [0.25, 0.3) is 0 Å². The zero-order chi connectivity index (χ0) is 16.3. The number of carbonyl (C=O) groups is 2. The van der Waals surface area contributed by atoms with E-state index in [4.69, 9.17) is 4.74 Å². The van der Waals surface area contributed by atoms with Crippen LogP contribution in [-0.2, 0) is 14.3 Å². The highest BCUT2D eigenvalue weighted by Gasteiger charge is 2.21. The van der Waals surface area contributed by atoms with Gasteiger partial charge in [0.25, 0.3) is 0 Å². The Morgan fingerprint density at radius 1 is 1.48 bits per heavy atom. The second kappa shape index (κ2) is 11.3. The van der Waals surface area contributed by atoms with Crippen molar-refractivity contribution in [2.75, 3.05) is 0 Å². The molecule has 120 valence electrons. The van der Waals surface area contributed by atoms with Gasteiger partial charge in [0.2, 0.25) is 0 Å². The smallest absolute Gasteiger partial charge is 0.306 e. The topological polar surface area (TPSA) is 43.4 Å². The summed E-state index contributed by atoms with van der Waals surface area (Å²) in [6, 6.07) is 0. The van der Waals surface area contributed by atoms with Gasteiger partial charge < -0.3 is 4.74 Å². The first-order valence-electron chi connectivity index (χ1n) is 7.84. The molecular formula is C18H30O3. The van der Waals surface area contributed by atoms with Crippen LogP contribution in [0.2, 0.25) is 0 Å². The third kappa shape index (κ3) is 11.0. The number of Topliss-reactive ketones (excluding diaryl/α,β-unsaturated/α-hetero) is 1. The highest BCUT2D eigenvalue weighted by Crippen LogP contribution is 2.26. The number of ether oxygens (including phenoxy) is 1. The van der Waals surface area contributed by atoms with E-state index in [2.05, 4.69) is 12.7 Å². The maximum Gasteiger partial charge on any atom is 0.306 e. The van der Waals surface area contributed by atoms with Crippen LogP contribution in [0.3, 0.4) is 0 Å².